The summed E-state index contributed by atoms with van der Waals surface area (Å²) < 4.78 is 12.9. The fourth-order valence-electron chi connectivity index (χ4n) is 2.07. The highest BCUT2D eigenvalue weighted by atomic mass is 19.1. The van der Waals surface area contributed by atoms with E-state index < -0.39 is 6.17 Å². The summed E-state index contributed by atoms with van der Waals surface area (Å²) in [5, 5.41) is 0. The molecule has 70 valence electrons. The van der Waals surface area contributed by atoms with Crippen LogP contribution in [0, 0.1) is 11.8 Å². The maximum Gasteiger partial charge on any atom is 0.100 e. The van der Waals surface area contributed by atoms with Crippen LogP contribution >= 0.6 is 0 Å². The molecule has 0 bridgehead atoms. The predicted molar refractivity (Wildman–Crippen MR) is 50.8 cm³/mol. The normalized spacial score (nSPS) is 31.9. The standard InChI is InChI=1S/C11H19F/c1-4-8(2)9(3)10-5-6-11(12)7-10/h9-11H,2,4-7H2,1,3H3. The predicted octanol–water partition coefficient (Wildman–Crippen LogP) is 3.73. The highest BCUT2D eigenvalue weighted by Crippen LogP contribution is 2.36. The maximum absolute atomic E-state index is 12.9. The van der Waals surface area contributed by atoms with Gasteiger partial charge < -0.3 is 0 Å². The van der Waals surface area contributed by atoms with E-state index in [1.165, 1.54) is 5.57 Å². The third-order valence-corrected chi connectivity index (χ3v) is 3.21. The van der Waals surface area contributed by atoms with Crippen LogP contribution in [0.5, 0.6) is 0 Å². The van der Waals surface area contributed by atoms with Crippen LogP contribution in [-0.4, -0.2) is 6.17 Å². The van der Waals surface area contributed by atoms with Crippen LogP contribution in [0.15, 0.2) is 12.2 Å². The molecule has 3 unspecified atom stereocenters. The van der Waals surface area contributed by atoms with Gasteiger partial charge in [0.15, 0.2) is 0 Å². The fourth-order valence-corrected chi connectivity index (χ4v) is 2.07. The number of allylic oxidation sites excluding steroid dienone is 1. The van der Waals surface area contributed by atoms with Crippen molar-refractivity contribution in [2.75, 3.05) is 0 Å². The summed E-state index contributed by atoms with van der Waals surface area (Å²) in [4.78, 5) is 0. The lowest BCUT2D eigenvalue weighted by atomic mass is 9.86. The lowest BCUT2D eigenvalue weighted by Gasteiger charge is -2.20. The van der Waals surface area contributed by atoms with Crippen LogP contribution in [0.3, 0.4) is 0 Å². The topological polar surface area (TPSA) is 0 Å². The van der Waals surface area contributed by atoms with Crippen LogP contribution in [0.2, 0.25) is 0 Å². The summed E-state index contributed by atoms with van der Waals surface area (Å²) in [6, 6.07) is 0. The van der Waals surface area contributed by atoms with Crippen molar-refractivity contribution in [2.24, 2.45) is 11.8 Å². The molecular formula is C11H19F. The van der Waals surface area contributed by atoms with Crippen molar-refractivity contribution in [3.05, 3.63) is 12.2 Å². The molecule has 12 heavy (non-hydrogen) atoms. The maximum atomic E-state index is 12.9. The van der Waals surface area contributed by atoms with Crippen molar-refractivity contribution >= 4 is 0 Å². The molecule has 3 atom stereocenters. The van der Waals surface area contributed by atoms with Crippen molar-refractivity contribution in [1.29, 1.82) is 0 Å². The molecule has 0 aromatic heterocycles. The van der Waals surface area contributed by atoms with E-state index in [9.17, 15) is 4.39 Å². The van der Waals surface area contributed by atoms with E-state index in [1.807, 2.05) is 0 Å². The molecule has 0 nitrogen and oxygen atoms in total. The average molecular weight is 170 g/mol. The lowest BCUT2D eigenvalue weighted by molar-refractivity contribution is 0.314. The van der Waals surface area contributed by atoms with E-state index in [0.29, 0.717) is 11.8 Å². The van der Waals surface area contributed by atoms with Gasteiger partial charge in [-0.3, -0.25) is 0 Å². The Morgan fingerprint density at radius 1 is 1.58 bits per heavy atom. The minimum Gasteiger partial charge on any atom is -0.247 e. The molecule has 0 aromatic carbocycles. The SMILES string of the molecule is C=C(CC)C(C)C1CCC(F)C1. The summed E-state index contributed by atoms with van der Waals surface area (Å²) in [5.74, 6) is 1.09. The number of hydrogen-bond donors (Lipinski definition) is 0. The quantitative estimate of drug-likeness (QED) is 0.566. The monoisotopic (exact) mass is 170 g/mol. The highest BCUT2D eigenvalue weighted by Gasteiger charge is 2.28. The average Bonchev–Trinajstić information content (AvgIpc) is 2.49. The van der Waals surface area contributed by atoms with E-state index in [0.717, 1.165) is 25.7 Å². The first-order chi connectivity index (χ1) is 5.65. The van der Waals surface area contributed by atoms with E-state index in [-0.39, 0.29) is 0 Å². The molecule has 0 amide bonds. The van der Waals surface area contributed by atoms with Gasteiger partial charge in [0.25, 0.3) is 0 Å². The van der Waals surface area contributed by atoms with Gasteiger partial charge in [0, 0.05) is 0 Å². The Balaban J connectivity index is 2.42. The Morgan fingerprint density at radius 2 is 2.25 bits per heavy atom. The molecule has 1 aliphatic rings. The number of hydrogen-bond acceptors (Lipinski definition) is 0. The summed E-state index contributed by atoms with van der Waals surface area (Å²) in [5.41, 5.74) is 1.29. The molecule has 1 heteroatoms. The second-order valence-corrected chi connectivity index (χ2v) is 3.97. The largest absolute Gasteiger partial charge is 0.247 e. The first-order valence-corrected chi connectivity index (χ1v) is 4.96. The van der Waals surface area contributed by atoms with Gasteiger partial charge in [-0.1, -0.05) is 26.0 Å². The third-order valence-electron chi connectivity index (χ3n) is 3.21. The molecular weight excluding hydrogens is 151 g/mol. The highest BCUT2D eigenvalue weighted by molar-refractivity contribution is 5.01. The van der Waals surface area contributed by atoms with Gasteiger partial charge in [-0.25, -0.2) is 4.39 Å². The Bertz CT molecular complexity index is 162. The molecule has 0 aliphatic heterocycles. The van der Waals surface area contributed by atoms with Crippen molar-refractivity contribution in [3.63, 3.8) is 0 Å². The third kappa shape index (κ3) is 2.09. The zero-order valence-electron chi connectivity index (χ0n) is 8.15. The lowest BCUT2D eigenvalue weighted by Crippen LogP contribution is -2.10. The number of rotatable bonds is 3. The molecule has 0 heterocycles. The molecule has 1 aliphatic carbocycles. The van der Waals surface area contributed by atoms with Crippen LogP contribution in [0.1, 0.15) is 39.5 Å². The van der Waals surface area contributed by atoms with Crippen molar-refractivity contribution in [2.45, 2.75) is 45.7 Å². The molecule has 0 spiro atoms. The smallest absolute Gasteiger partial charge is 0.100 e. The Kier molecular flexibility index (Phi) is 3.30. The van der Waals surface area contributed by atoms with Gasteiger partial charge in [0.1, 0.15) is 6.17 Å². The molecule has 1 saturated carbocycles. The molecule has 1 fully saturated rings. The second-order valence-electron chi connectivity index (χ2n) is 3.97. The van der Waals surface area contributed by atoms with Crippen molar-refractivity contribution < 1.29 is 4.39 Å². The van der Waals surface area contributed by atoms with Gasteiger partial charge in [0.05, 0.1) is 0 Å². The molecule has 0 N–H and O–H groups in total. The Morgan fingerprint density at radius 3 is 2.67 bits per heavy atom. The van der Waals surface area contributed by atoms with E-state index in [1.54, 1.807) is 0 Å². The zero-order valence-corrected chi connectivity index (χ0v) is 8.15. The van der Waals surface area contributed by atoms with Gasteiger partial charge >= 0.3 is 0 Å². The fraction of sp³-hybridized carbons (Fsp3) is 0.818. The number of halogens is 1. The molecule has 1 rings (SSSR count). The summed E-state index contributed by atoms with van der Waals surface area (Å²) >= 11 is 0. The molecule has 0 aromatic rings. The van der Waals surface area contributed by atoms with Crippen molar-refractivity contribution in [3.8, 4) is 0 Å². The summed E-state index contributed by atoms with van der Waals surface area (Å²) in [7, 11) is 0. The minimum absolute atomic E-state index is 0.524. The van der Waals surface area contributed by atoms with Crippen LogP contribution < -0.4 is 0 Å². The molecule has 0 saturated heterocycles. The number of alkyl halides is 1. The van der Waals surface area contributed by atoms with Crippen LogP contribution in [0.25, 0.3) is 0 Å². The van der Waals surface area contributed by atoms with Crippen LogP contribution in [0.4, 0.5) is 4.39 Å². The van der Waals surface area contributed by atoms with Gasteiger partial charge in [0.2, 0.25) is 0 Å². The first-order valence-electron chi connectivity index (χ1n) is 4.96. The van der Waals surface area contributed by atoms with E-state index in [2.05, 4.69) is 20.4 Å². The second kappa shape index (κ2) is 4.06. The first kappa shape index (κ1) is 9.76. The van der Waals surface area contributed by atoms with Gasteiger partial charge in [-0.2, -0.15) is 0 Å². The summed E-state index contributed by atoms with van der Waals surface area (Å²) in [6.45, 7) is 8.34. The molecule has 0 radical (unpaired) electrons. The van der Waals surface area contributed by atoms with Gasteiger partial charge in [-0.05, 0) is 37.5 Å². The van der Waals surface area contributed by atoms with Crippen LogP contribution in [-0.2, 0) is 0 Å². The zero-order chi connectivity index (χ0) is 9.14. The van der Waals surface area contributed by atoms with Gasteiger partial charge in [-0.15, -0.1) is 0 Å². The van der Waals surface area contributed by atoms with E-state index in [4.69, 9.17) is 0 Å². The minimum atomic E-state index is -0.540. The Labute approximate surface area is 74.9 Å². The Hall–Kier alpha value is -0.330. The summed E-state index contributed by atoms with van der Waals surface area (Å²) in [6.07, 6.45) is 3.09. The van der Waals surface area contributed by atoms with E-state index >= 15 is 0 Å². The van der Waals surface area contributed by atoms with Crippen molar-refractivity contribution in [1.82, 2.24) is 0 Å².